The van der Waals surface area contributed by atoms with E-state index in [2.05, 4.69) is 10.2 Å². The first kappa shape index (κ1) is 15.1. The van der Waals surface area contributed by atoms with E-state index in [1.807, 2.05) is 4.90 Å². The zero-order chi connectivity index (χ0) is 15.5. The van der Waals surface area contributed by atoms with E-state index in [9.17, 15) is 9.59 Å². The van der Waals surface area contributed by atoms with E-state index in [1.165, 1.54) is 19.3 Å². The standard InChI is InChI=1S/C16H24N4O2/c17-15(21)14-10-13(18-19-14)11-6-8-20(9-7-11)16(22)12-4-2-1-3-5-12/h10-12H,1-9H2,(H2,17,21)(H,18,19). The fourth-order valence-electron chi connectivity index (χ4n) is 3.69. The van der Waals surface area contributed by atoms with Crippen molar-refractivity contribution in [2.75, 3.05) is 13.1 Å². The molecule has 120 valence electrons. The van der Waals surface area contributed by atoms with E-state index in [1.54, 1.807) is 6.07 Å². The molecule has 6 heteroatoms. The second-order valence-corrected chi connectivity index (χ2v) is 6.51. The molecule has 2 aliphatic rings. The minimum absolute atomic E-state index is 0.249. The first-order valence-electron chi connectivity index (χ1n) is 8.29. The van der Waals surface area contributed by atoms with Crippen molar-refractivity contribution in [3.8, 4) is 0 Å². The molecule has 3 rings (SSSR count). The third-order valence-electron chi connectivity index (χ3n) is 5.05. The molecule has 3 N–H and O–H groups in total. The first-order valence-corrected chi connectivity index (χ1v) is 8.29. The Kier molecular flexibility index (Phi) is 4.45. The van der Waals surface area contributed by atoms with Crippen LogP contribution in [0, 0.1) is 5.92 Å². The number of hydrogen-bond acceptors (Lipinski definition) is 3. The van der Waals surface area contributed by atoms with Gasteiger partial charge >= 0.3 is 0 Å². The van der Waals surface area contributed by atoms with Crippen LogP contribution in [0.5, 0.6) is 0 Å². The van der Waals surface area contributed by atoms with E-state index in [-0.39, 0.29) is 11.6 Å². The van der Waals surface area contributed by atoms with Crippen molar-refractivity contribution in [1.29, 1.82) is 0 Å². The van der Waals surface area contributed by atoms with Crippen LogP contribution in [0.25, 0.3) is 0 Å². The van der Waals surface area contributed by atoms with Crippen molar-refractivity contribution in [1.82, 2.24) is 15.1 Å². The molecule has 2 heterocycles. The van der Waals surface area contributed by atoms with Gasteiger partial charge in [0.25, 0.3) is 5.91 Å². The van der Waals surface area contributed by atoms with Gasteiger partial charge in [-0.1, -0.05) is 19.3 Å². The lowest BCUT2D eigenvalue weighted by Crippen LogP contribution is -2.41. The molecule has 0 spiro atoms. The highest BCUT2D eigenvalue weighted by molar-refractivity contribution is 5.90. The number of primary amides is 1. The van der Waals surface area contributed by atoms with Crippen LogP contribution in [-0.4, -0.2) is 40.0 Å². The van der Waals surface area contributed by atoms with Crippen LogP contribution in [0.1, 0.15) is 67.0 Å². The van der Waals surface area contributed by atoms with Crippen LogP contribution in [0.3, 0.4) is 0 Å². The van der Waals surface area contributed by atoms with Crippen LogP contribution in [0.2, 0.25) is 0 Å². The molecule has 0 atom stereocenters. The number of H-pyrrole nitrogens is 1. The molecule has 0 unspecified atom stereocenters. The Balaban J connectivity index is 1.55. The minimum atomic E-state index is -0.507. The number of carbonyl (C=O) groups excluding carboxylic acids is 2. The molecular formula is C16H24N4O2. The van der Waals surface area contributed by atoms with Gasteiger partial charge in [-0.05, 0) is 31.7 Å². The number of likely N-dealkylation sites (tertiary alicyclic amines) is 1. The van der Waals surface area contributed by atoms with Gasteiger partial charge in [-0.2, -0.15) is 5.10 Å². The highest BCUT2D eigenvalue weighted by atomic mass is 16.2. The van der Waals surface area contributed by atoms with Crippen LogP contribution >= 0.6 is 0 Å². The predicted octanol–water partition coefficient (Wildman–Crippen LogP) is 1.79. The molecular weight excluding hydrogens is 280 g/mol. The van der Waals surface area contributed by atoms with Crippen LogP contribution < -0.4 is 5.73 Å². The lowest BCUT2D eigenvalue weighted by atomic mass is 9.87. The van der Waals surface area contributed by atoms with Crippen molar-refractivity contribution >= 4 is 11.8 Å². The maximum atomic E-state index is 12.5. The molecule has 0 bridgehead atoms. The number of carbonyl (C=O) groups is 2. The lowest BCUT2D eigenvalue weighted by molar-refractivity contribution is -0.137. The van der Waals surface area contributed by atoms with Gasteiger partial charge in [-0.3, -0.25) is 14.7 Å². The minimum Gasteiger partial charge on any atom is -0.364 e. The fraction of sp³-hybridized carbons (Fsp3) is 0.688. The van der Waals surface area contributed by atoms with Crippen molar-refractivity contribution in [3.63, 3.8) is 0 Å². The Morgan fingerprint density at radius 3 is 2.41 bits per heavy atom. The van der Waals surface area contributed by atoms with E-state index >= 15 is 0 Å². The molecule has 1 saturated carbocycles. The normalized spacial score (nSPS) is 21.0. The average molecular weight is 304 g/mol. The number of piperidine rings is 1. The number of aromatic amines is 1. The van der Waals surface area contributed by atoms with Gasteiger partial charge < -0.3 is 10.6 Å². The van der Waals surface area contributed by atoms with Crippen molar-refractivity contribution < 1.29 is 9.59 Å². The summed E-state index contributed by atoms with van der Waals surface area (Å²) >= 11 is 0. The number of aromatic nitrogens is 2. The summed E-state index contributed by atoms with van der Waals surface area (Å²) in [6.45, 7) is 1.59. The monoisotopic (exact) mass is 304 g/mol. The first-order chi connectivity index (χ1) is 10.6. The second kappa shape index (κ2) is 6.50. The van der Waals surface area contributed by atoms with Gasteiger partial charge in [-0.15, -0.1) is 0 Å². The smallest absolute Gasteiger partial charge is 0.269 e. The maximum absolute atomic E-state index is 12.5. The molecule has 0 radical (unpaired) electrons. The fourth-order valence-corrected chi connectivity index (χ4v) is 3.69. The van der Waals surface area contributed by atoms with Gasteiger partial charge in [-0.25, -0.2) is 0 Å². The number of amides is 2. The molecule has 1 aromatic heterocycles. The van der Waals surface area contributed by atoms with E-state index in [0.29, 0.717) is 11.8 Å². The number of rotatable bonds is 3. The van der Waals surface area contributed by atoms with Crippen molar-refractivity contribution in [2.45, 2.75) is 50.9 Å². The molecule has 2 fully saturated rings. The summed E-state index contributed by atoms with van der Waals surface area (Å²) in [5, 5.41) is 6.85. The molecule has 0 aromatic carbocycles. The van der Waals surface area contributed by atoms with Gasteiger partial charge in [0.1, 0.15) is 5.69 Å². The summed E-state index contributed by atoms with van der Waals surface area (Å²) in [4.78, 5) is 25.7. The van der Waals surface area contributed by atoms with Crippen LogP contribution in [0.4, 0.5) is 0 Å². The summed E-state index contributed by atoms with van der Waals surface area (Å²) in [6.07, 6.45) is 7.60. The maximum Gasteiger partial charge on any atom is 0.269 e. The van der Waals surface area contributed by atoms with Gasteiger partial charge in [0.05, 0.1) is 0 Å². The Bertz CT molecular complexity index is 540. The summed E-state index contributed by atoms with van der Waals surface area (Å²) in [5.41, 5.74) is 6.47. The molecule has 1 saturated heterocycles. The van der Waals surface area contributed by atoms with Gasteiger partial charge in [0.2, 0.25) is 5.91 Å². The molecule has 22 heavy (non-hydrogen) atoms. The number of nitrogens with one attached hydrogen (secondary N) is 1. The Hall–Kier alpha value is -1.85. The molecule has 1 aliphatic heterocycles. The van der Waals surface area contributed by atoms with Gasteiger partial charge in [0, 0.05) is 30.6 Å². The Morgan fingerprint density at radius 1 is 1.14 bits per heavy atom. The molecule has 1 aromatic rings. The van der Waals surface area contributed by atoms with E-state index in [0.717, 1.165) is 44.5 Å². The zero-order valence-corrected chi connectivity index (χ0v) is 12.9. The Morgan fingerprint density at radius 2 is 1.82 bits per heavy atom. The summed E-state index contributed by atoms with van der Waals surface area (Å²) < 4.78 is 0. The molecule has 1 aliphatic carbocycles. The third kappa shape index (κ3) is 3.15. The number of nitrogens with zero attached hydrogens (tertiary/aromatic N) is 2. The predicted molar refractivity (Wildman–Crippen MR) is 82.2 cm³/mol. The summed E-state index contributed by atoms with van der Waals surface area (Å²) in [7, 11) is 0. The summed E-state index contributed by atoms with van der Waals surface area (Å²) in [5.74, 6) is 0.419. The van der Waals surface area contributed by atoms with Crippen molar-refractivity contribution in [3.05, 3.63) is 17.5 Å². The van der Waals surface area contributed by atoms with E-state index in [4.69, 9.17) is 5.73 Å². The Labute approximate surface area is 130 Å². The highest BCUT2D eigenvalue weighted by Gasteiger charge is 2.30. The van der Waals surface area contributed by atoms with Crippen LogP contribution in [-0.2, 0) is 4.79 Å². The summed E-state index contributed by atoms with van der Waals surface area (Å²) in [6, 6.07) is 1.74. The van der Waals surface area contributed by atoms with Crippen molar-refractivity contribution in [2.24, 2.45) is 11.7 Å². The number of nitrogens with two attached hydrogens (primary N) is 1. The molecule has 2 amide bonds. The molecule has 6 nitrogen and oxygen atoms in total. The van der Waals surface area contributed by atoms with E-state index < -0.39 is 5.91 Å². The third-order valence-corrected chi connectivity index (χ3v) is 5.05. The lowest BCUT2D eigenvalue weighted by Gasteiger charge is -2.34. The van der Waals surface area contributed by atoms with Crippen LogP contribution in [0.15, 0.2) is 6.07 Å². The quantitative estimate of drug-likeness (QED) is 0.891. The largest absolute Gasteiger partial charge is 0.364 e. The zero-order valence-electron chi connectivity index (χ0n) is 12.9. The SMILES string of the molecule is NC(=O)c1cc(C2CCN(C(=O)C3CCCCC3)CC2)[nH]n1. The topological polar surface area (TPSA) is 92.1 Å². The number of hydrogen-bond donors (Lipinski definition) is 2. The highest BCUT2D eigenvalue weighted by Crippen LogP contribution is 2.30. The second-order valence-electron chi connectivity index (χ2n) is 6.51. The van der Waals surface area contributed by atoms with Gasteiger partial charge in [0.15, 0.2) is 0 Å². The average Bonchev–Trinajstić information content (AvgIpc) is 3.05.